The van der Waals surface area contributed by atoms with Crippen LogP contribution in [0.4, 0.5) is 4.39 Å². The van der Waals surface area contributed by atoms with E-state index in [1.165, 1.54) is 13.2 Å². The number of aryl methyl sites for hydroxylation is 1. The van der Waals surface area contributed by atoms with Crippen LogP contribution in [0.2, 0.25) is 0 Å². The second-order valence-corrected chi connectivity index (χ2v) is 4.85. The molecule has 1 unspecified atom stereocenters. The highest BCUT2D eigenvalue weighted by molar-refractivity contribution is 5.35. The number of hydrogen-bond donors (Lipinski definition) is 1. The fraction of sp³-hybridized carbons (Fsp3) is 0.438. The maximum atomic E-state index is 13.6. The minimum Gasteiger partial charge on any atom is -0.494 e. The number of rotatable bonds is 7. The summed E-state index contributed by atoms with van der Waals surface area (Å²) >= 11 is 0. The SMILES string of the molecule is CCCNC(c1ccc(F)c(OC)c1)c1ccnn1CC. The molecule has 2 rings (SSSR count). The van der Waals surface area contributed by atoms with E-state index >= 15 is 0 Å². The van der Waals surface area contributed by atoms with E-state index in [9.17, 15) is 4.39 Å². The molecule has 0 saturated heterocycles. The van der Waals surface area contributed by atoms with Gasteiger partial charge >= 0.3 is 0 Å². The third-order valence-electron chi connectivity index (χ3n) is 3.45. The number of benzene rings is 1. The van der Waals surface area contributed by atoms with Crippen LogP contribution in [0.25, 0.3) is 0 Å². The number of halogens is 1. The Hall–Kier alpha value is -1.88. The summed E-state index contributed by atoms with van der Waals surface area (Å²) in [4.78, 5) is 0. The summed E-state index contributed by atoms with van der Waals surface area (Å²) < 4.78 is 20.6. The molecule has 0 bridgehead atoms. The van der Waals surface area contributed by atoms with Gasteiger partial charge < -0.3 is 10.1 Å². The number of nitrogens with zero attached hydrogens (tertiary/aromatic N) is 2. The zero-order chi connectivity index (χ0) is 15.2. The molecule has 114 valence electrons. The molecule has 1 heterocycles. The molecular weight excluding hydrogens is 269 g/mol. The van der Waals surface area contributed by atoms with Crippen LogP contribution in [0.15, 0.2) is 30.5 Å². The van der Waals surface area contributed by atoms with E-state index in [1.54, 1.807) is 18.3 Å². The third-order valence-corrected chi connectivity index (χ3v) is 3.45. The largest absolute Gasteiger partial charge is 0.494 e. The van der Waals surface area contributed by atoms with E-state index in [0.717, 1.165) is 30.8 Å². The molecular formula is C16H22FN3O. The molecule has 5 heteroatoms. The molecule has 1 atom stereocenters. The average molecular weight is 291 g/mol. The van der Waals surface area contributed by atoms with Crippen LogP contribution in [0, 0.1) is 5.82 Å². The standard InChI is InChI=1S/C16H22FN3O/c1-4-9-18-16(14-8-10-19-20(14)5-2)12-6-7-13(17)15(11-12)21-3/h6-8,10-11,16,18H,4-5,9H2,1-3H3. The number of aromatic nitrogens is 2. The fourth-order valence-corrected chi connectivity index (χ4v) is 2.39. The number of ether oxygens (including phenoxy) is 1. The summed E-state index contributed by atoms with van der Waals surface area (Å²) in [5, 5.41) is 7.82. The van der Waals surface area contributed by atoms with Crippen molar-refractivity contribution in [2.75, 3.05) is 13.7 Å². The van der Waals surface area contributed by atoms with E-state index in [-0.39, 0.29) is 17.6 Å². The first-order valence-electron chi connectivity index (χ1n) is 7.29. The Morgan fingerprint density at radius 1 is 1.33 bits per heavy atom. The lowest BCUT2D eigenvalue weighted by Gasteiger charge is -2.21. The van der Waals surface area contributed by atoms with Crippen molar-refractivity contribution in [2.45, 2.75) is 32.9 Å². The molecule has 2 aromatic rings. The molecule has 0 amide bonds. The van der Waals surface area contributed by atoms with Crippen LogP contribution in [0.3, 0.4) is 0 Å². The lowest BCUT2D eigenvalue weighted by atomic mass is 10.0. The summed E-state index contributed by atoms with van der Waals surface area (Å²) in [6.07, 6.45) is 2.81. The molecule has 21 heavy (non-hydrogen) atoms. The minimum absolute atomic E-state index is 0.0260. The van der Waals surface area contributed by atoms with Crippen molar-refractivity contribution in [3.8, 4) is 5.75 Å². The first-order chi connectivity index (χ1) is 10.2. The van der Waals surface area contributed by atoms with E-state index in [1.807, 2.05) is 10.7 Å². The van der Waals surface area contributed by atoms with Gasteiger partial charge in [-0.1, -0.05) is 13.0 Å². The van der Waals surface area contributed by atoms with Gasteiger partial charge in [-0.15, -0.1) is 0 Å². The minimum atomic E-state index is -0.348. The Morgan fingerprint density at radius 2 is 2.14 bits per heavy atom. The molecule has 0 aliphatic heterocycles. The fourth-order valence-electron chi connectivity index (χ4n) is 2.39. The lowest BCUT2D eigenvalue weighted by Crippen LogP contribution is -2.25. The van der Waals surface area contributed by atoms with Crippen LogP contribution in [-0.2, 0) is 6.54 Å². The van der Waals surface area contributed by atoms with E-state index in [0.29, 0.717) is 0 Å². The third kappa shape index (κ3) is 3.42. The Balaban J connectivity index is 2.40. The van der Waals surface area contributed by atoms with Crippen molar-refractivity contribution in [3.05, 3.63) is 47.5 Å². The van der Waals surface area contributed by atoms with Gasteiger partial charge in [-0.3, -0.25) is 4.68 Å². The summed E-state index contributed by atoms with van der Waals surface area (Å²) in [6.45, 7) is 5.84. The maximum Gasteiger partial charge on any atom is 0.165 e. The topological polar surface area (TPSA) is 39.1 Å². The smallest absolute Gasteiger partial charge is 0.165 e. The Bertz CT molecular complexity index is 583. The van der Waals surface area contributed by atoms with Crippen molar-refractivity contribution in [2.24, 2.45) is 0 Å². The maximum absolute atomic E-state index is 13.6. The average Bonchev–Trinajstić information content (AvgIpc) is 2.97. The molecule has 0 fully saturated rings. The van der Waals surface area contributed by atoms with E-state index in [4.69, 9.17) is 4.74 Å². The van der Waals surface area contributed by atoms with Gasteiger partial charge in [0.1, 0.15) is 0 Å². The highest BCUT2D eigenvalue weighted by Crippen LogP contribution is 2.27. The molecule has 1 N–H and O–H groups in total. The van der Waals surface area contributed by atoms with Crippen molar-refractivity contribution in [1.82, 2.24) is 15.1 Å². The molecule has 0 spiro atoms. The predicted octanol–water partition coefficient (Wildman–Crippen LogP) is 3.14. The summed E-state index contributed by atoms with van der Waals surface area (Å²) in [6, 6.07) is 6.95. The highest BCUT2D eigenvalue weighted by Gasteiger charge is 2.19. The van der Waals surface area contributed by atoms with Crippen molar-refractivity contribution >= 4 is 0 Å². The van der Waals surface area contributed by atoms with Gasteiger partial charge in [0.25, 0.3) is 0 Å². The van der Waals surface area contributed by atoms with Crippen LogP contribution < -0.4 is 10.1 Å². The van der Waals surface area contributed by atoms with E-state index in [2.05, 4.69) is 24.3 Å². The lowest BCUT2D eigenvalue weighted by molar-refractivity contribution is 0.385. The first kappa shape index (κ1) is 15.5. The predicted molar refractivity (Wildman–Crippen MR) is 81.0 cm³/mol. The highest BCUT2D eigenvalue weighted by atomic mass is 19.1. The number of hydrogen-bond acceptors (Lipinski definition) is 3. The molecule has 0 aliphatic rings. The summed E-state index contributed by atoms with van der Waals surface area (Å²) in [7, 11) is 1.48. The van der Waals surface area contributed by atoms with Gasteiger partial charge in [-0.2, -0.15) is 5.10 Å². The molecule has 4 nitrogen and oxygen atoms in total. The van der Waals surface area contributed by atoms with Crippen LogP contribution >= 0.6 is 0 Å². The molecule has 1 aromatic carbocycles. The van der Waals surface area contributed by atoms with Gasteiger partial charge in [0.05, 0.1) is 18.8 Å². The quantitative estimate of drug-likeness (QED) is 0.852. The molecule has 1 aromatic heterocycles. The van der Waals surface area contributed by atoms with Crippen molar-refractivity contribution < 1.29 is 9.13 Å². The number of nitrogens with one attached hydrogen (secondary N) is 1. The van der Waals surface area contributed by atoms with E-state index < -0.39 is 0 Å². The Morgan fingerprint density at radius 3 is 2.81 bits per heavy atom. The summed E-state index contributed by atoms with van der Waals surface area (Å²) in [5.41, 5.74) is 2.04. The normalized spacial score (nSPS) is 12.4. The van der Waals surface area contributed by atoms with Gasteiger partial charge in [-0.05, 0) is 43.7 Å². The second-order valence-electron chi connectivity index (χ2n) is 4.85. The van der Waals surface area contributed by atoms with Crippen molar-refractivity contribution in [1.29, 1.82) is 0 Å². The van der Waals surface area contributed by atoms with Gasteiger partial charge in [0.2, 0.25) is 0 Å². The first-order valence-corrected chi connectivity index (χ1v) is 7.29. The van der Waals surface area contributed by atoms with Crippen LogP contribution in [-0.4, -0.2) is 23.4 Å². The van der Waals surface area contributed by atoms with Gasteiger partial charge in [-0.25, -0.2) is 4.39 Å². The van der Waals surface area contributed by atoms with Crippen LogP contribution in [0.1, 0.15) is 37.6 Å². The van der Waals surface area contributed by atoms with Crippen LogP contribution in [0.5, 0.6) is 5.75 Å². The Labute approximate surface area is 124 Å². The molecule has 0 saturated carbocycles. The Kier molecular flexibility index (Phi) is 5.33. The molecule has 0 radical (unpaired) electrons. The van der Waals surface area contributed by atoms with Crippen molar-refractivity contribution in [3.63, 3.8) is 0 Å². The van der Waals surface area contributed by atoms with Gasteiger partial charge in [0.15, 0.2) is 11.6 Å². The molecule has 0 aliphatic carbocycles. The monoisotopic (exact) mass is 291 g/mol. The zero-order valence-electron chi connectivity index (χ0n) is 12.8. The van der Waals surface area contributed by atoms with Gasteiger partial charge in [0, 0.05) is 12.7 Å². The number of methoxy groups -OCH3 is 1. The summed E-state index contributed by atoms with van der Waals surface area (Å²) in [5.74, 6) is -0.0853. The second kappa shape index (κ2) is 7.22. The zero-order valence-corrected chi connectivity index (χ0v) is 12.8.